The lowest BCUT2D eigenvalue weighted by Gasteiger charge is -2.13. The molecule has 0 saturated carbocycles. The van der Waals surface area contributed by atoms with Crippen molar-refractivity contribution in [3.8, 4) is 0 Å². The Morgan fingerprint density at radius 2 is 2.33 bits per heavy atom. The third kappa shape index (κ3) is 1.53. The summed E-state index contributed by atoms with van der Waals surface area (Å²) in [6.45, 7) is 5.35. The molecule has 12 heavy (non-hydrogen) atoms. The lowest BCUT2D eigenvalue weighted by Crippen LogP contribution is -2.10. The fraction of sp³-hybridized carbons (Fsp3) is 0.250. The van der Waals surface area contributed by atoms with Gasteiger partial charge in [0.15, 0.2) is 0 Å². The average molecular weight is 164 g/mol. The molecule has 0 bridgehead atoms. The first-order valence-electron chi connectivity index (χ1n) is 3.57. The Morgan fingerprint density at radius 1 is 1.67 bits per heavy atom. The summed E-state index contributed by atoms with van der Waals surface area (Å²) in [7, 11) is 1.78. The van der Waals surface area contributed by atoms with Crippen LogP contribution in [0, 0.1) is 6.92 Å². The highest BCUT2D eigenvalue weighted by Gasteiger charge is 2.03. The Kier molecular flexibility index (Phi) is 2.28. The van der Waals surface area contributed by atoms with Gasteiger partial charge < -0.3 is 5.73 Å². The van der Waals surface area contributed by atoms with Crippen LogP contribution in [0.4, 0.5) is 11.5 Å². The highest BCUT2D eigenvalue weighted by molar-refractivity contribution is 5.63. The fourth-order valence-corrected chi connectivity index (χ4v) is 0.900. The molecular formula is C8H12N4. The molecule has 0 aliphatic carbocycles. The van der Waals surface area contributed by atoms with E-state index in [9.17, 15) is 0 Å². The van der Waals surface area contributed by atoms with E-state index >= 15 is 0 Å². The molecule has 4 nitrogen and oxygen atoms in total. The lowest BCUT2D eigenvalue weighted by molar-refractivity contribution is 1.02. The minimum Gasteiger partial charge on any atom is -0.382 e. The van der Waals surface area contributed by atoms with Crippen molar-refractivity contribution in [3.63, 3.8) is 0 Å². The van der Waals surface area contributed by atoms with Crippen molar-refractivity contribution in [3.05, 3.63) is 17.8 Å². The number of hydrogen-bond acceptors (Lipinski definition) is 4. The average Bonchev–Trinajstić information content (AvgIpc) is 2.08. The molecule has 1 aromatic rings. The summed E-state index contributed by atoms with van der Waals surface area (Å²) in [4.78, 5) is 4.00. The van der Waals surface area contributed by atoms with Gasteiger partial charge in [0.2, 0.25) is 0 Å². The highest BCUT2D eigenvalue weighted by atomic mass is 15.4. The first-order valence-corrected chi connectivity index (χ1v) is 3.57. The number of hydrazone groups is 1. The quantitative estimate of drug-likeness (QED) is 0.524. The predicted molar refractivity (Wildman–Crippen MR) is 51.3 cm³/mol. The second-order valence-electron chi connectivity index (χ2n) is 2.58. The zero-order valence-electron chi connectivity index (χ0n) is 7.28. The second kappa shape index (κ2) is 3.21. The van der Waals surface area contributed by atoms with Crippen LogP contribution in [0.5, 0.6) is 0 Å². The van der Waals surface area contributed by atoms with E-state index in [2.05, 4.69) is 16.8 Å². The molecule has 0 fully saturated rings. The number of hydrogen-bond donors (Lipinski definition) is 1. The molecule has 64 valence electrons. The Hall–Kier alpha value is -1.58. The third-order valence-corrected chi connectivity index (χ3v) is 1.59. The third-order valence-electron chi connectivity index (χ3n) is 1.59. The summed E-state index contributed by atoms with van der Waals surface area (Å²) >= 11 is 0. The van der Waals surface area contributed by atoms with Crippen LogP contribution in [0.3, 0.4) is 0 Å². The molecule has 0 spiro atoms. The van der Waals surface area contributed by atoms with Gasteiger partial charge in [-0.25, -0.2) is 4.98 Å². The van der Waals surface area contributed by atoms with E-state index < -0.39 is 0 Å². The second-order valence-corrected chi connectivity index (χ2v) is 2.58. The maximum Gasteiger partial charge on any atom is 0.148 e. The molecule has 0 aliphatic rings. The number of nitrogen functional groups attached to an aromatic ring is 1. The normalized spacial score (nSPS) is 9.50. The van der Waals surface area contributed by atoms with Crippen LogP contribution >= 0.6 is 0 Å². The molecule has 0 saturated heterocycles. The van der Waals surface area contributed by atoms with Gasteiger partial charge in [0, 0.05) is 20.0 Å². The standard InChI is InChI=1S/C8H12N4/c1-6-4-7(12(3)10-2)8(9)11-5-6/h4-5H,2H2,1,3H3,(H2,9,11). The molecule has 0 aromatic carbocycles. The van der Waals surface area contributed by atoms with Crippen LogP contribution in [0.15, 0.2) is 17.4 Å². The summed E-state index contributed by atoms with van der Waals surface area (Å²) in [5.74, 6) is 0.468. The van der Waals surface area contributed by atoms with Crippen molar-refractivity contribution in [2.24, 2.45) is 5.10 Å². The highest BCUT2D eigenvalue weighted by Crippen LogP contribution is 2.20. The summed E-state index contributed by atoms with van der Waals surface area (Å²) in [6, 6.07) is 1.91. The van der Waals surface area contributed by atoms with Gasteiger partial charge in [0.05, 0.1) is 0 Å². The number of nitrogens with two attached hydrogens (primary N) is 1. The summed E-state index contributed by atoms with van der Waals surface area (Å²) < 4.78 is 0. The van der Waals surface area contributed by atoms with E-state index in [0.717, 1.165) is 11.3 Å². The van der Waals surface area contributed by atoms with E-state index in [1.54, 1.807) is 18.3 Å². The summed E-state index contributed by atoms with van der Waals surface area (Å²) in [5, 5.41) is 5.32. The molecule has 1 heterocycles. The van der Waals surface area contributed by atoms with Crippen LogP contribution in [0.2, 0.25) is 0 Å². The monoisotopic (exact) mass is 164 g/mol. The Labute approximate surface area is 71.7 Å². The first-order chi connectivity index (χ1) is 5.65. The van der Waals surface area contributed by atoms with E-state index in [-0.39, 0.29) is 0 Å². The van der Waals surface area contributed by atoms with Crippen molar-refractivity contribution in [1.82, 2.24) is 4.98 Å². The number of rotatable bonds is 2. The van der Waals surface area contributed by atoms with Crippen LogP contribution in [-0.4, -0.2) is 18.7 Å². The molecule has 1 rings (SSSR count). The van der Waals surface area contributed by atoms with Gasteiger partial charge in [0.1, 0.15) is 11.5 Å². The summed E-state index contributed by atoms with van der Waals surface area (Å²) in [6.07, 6.45) is 1.72. The molecule has 1 aromatic heterocycles. The van der Waals surface area contributed by atoms with Crippen molar-refractivity contribution in [2.45, 2.75) is 6.92 Å². The van der Waals surface area contributed by atoms with E-state index in [1.807, 2.05) is 13.0 Å². The molecule has 0 aliphatic heterocycles. The minimum absolute atomic E-state index is 0.468. The van der Waals surface area contributed by atoms with Crippen molar-refractivity contribution in [1.29, 1.82) is 0 Å². The predicted octanol–water partition coefficient (Wildman–Crippen LogP) is 1.02. The van der Waals surface area contributed by atoms with Gasteiger partial charge >= 0.3 is 0 Å². The molecule has 2 N–H and O–H groups in total. The van der Waals surface area contributed by atoms with Gasteiger partial charge in [-0.2, -0.15) is 5.10 Å². The molecular weight excluding hydrogens is 152 g/mol. The van der Waals surface area contributed by atoms with Gasteiger partial charge in [-0.05, 0) is 18.6 Å². The number of anilines is 2. The number of aromatic nitrogens is 1. The molecule has 0 unspecified atom stereocenters. The first kappa shape index (κ1) is 8.52. The van der Waals surface area contributed by atoms with Gasteiger partial charge in [-0.15, -0.1) is 0 Å². The zero-order chi connectivity index (χ0) is 9.14. The van der Waals surface area contributed by atoms with Crippen LogP contribution in [-0.2, 0) is 0 Å². The minimum atomic E-state index is 0.468. The Balaban J connectivity index is 3.12. The van der Waals surface area contributed by atoms with E-state index in [1.165, 1.54) is 0 Å². The van der Waals surface area contributed by atoms with Crippen molar-refractivity contribution < 1.29 is 0 Å². The number of pyridine rings is 1. The Bertz CT molecular complexity index is 295. The SMILES string of the molecule is C=NN(C)c1cc(C)cnc1N. The summed E-state index contributed by atoms with van der Waals surface area (Å²) in [5.41, 5.74) is 7.46. The van der Waals surface area contributed by atoms with Crippen molar-refractivity contribution in [2.75, 3.05) is 17.8 Å². The number of aryl methyl sites for hydroxylation is 1. The van der Waals surface area contributed by atoms with Crippen LogP contribution in [0.25, 0.3) is 0 Å². The van der Waals surface area contributed by atoms with Crippen LogP contribution in [0.1, 0.15) is 5.56 Å². The number of nitrogens with zero attached hydrogens (tertiary/aromatic N) is 3. The largest absolute Gasteiger partial charge is 0.382 e. The molecule has 0 atom stereocenters. The van der Waals surface area contributed by atoms with Crippen molar-refractivity contribution >= 4 is 18.2 Å². The van der Waals surface area contributed by atoms with E-state index in [4.69, 9.17) is 5.73 Å². The topological polar surface area (TPSA) is 54.5 Å². The zero-order valence-corrected chi connectivity index (χ0v) is 7.28. The lowest BCUT2D eigenvalue weighted by atomic mass is 10.3. The van der Waals surface area contributed by atoms with Gasteiger partial charge in [-0.1, -0.05) is 0 Å². The molecule has 0 amide bonds. The van der Waals surface area contributed by atoms with E-state index in [0.29, 0.717) is 5.82 Å². The Morgan fingerprint density at radius 3 is 2.92 bits per heavy atom. The van der Waals surface area contributed by atoms with Gasteiger partial charge in [-0.3, -0.25) is 5.01 Å². The maximum absolute atomic E-state index is 5.63. The fourth-order valence-electron chi connectivity index (χ4n) is 0.900. The molecule has 4 heteroatoms. The maximum atomic E-state index is 5.63. The molecule has 0 radical (unpaired) electrons. The smallest absolute Gasteiger partial charge is 0.148 e. The van der Waals surface area contributed by atoms with Gasteiger partial charge in [0.25, 0.3) is 0 Å². The van der Waals surface area contributed by atoms with Crippen LogP contribution < -0.4 is 10.7 Å².